The molecule has 80 valence electrons. The molecule has 0 aliphatic rings. The summed E-state index contributed by atoms with van der Waals surface area (Å²) in [5.74, 6) is 0. The van der Waals surface area contributed by atoms with Crippen LogP contribution in [0.4, 0.5) is 0 Å². The fourth-order valence-corrected chi connectivity index (χ4v) is 3.09. The molecule has 15 heavy (non-hydrogen) atoms. The van der Waals surface area contributed by atoms with Crippen LogP contribution < -0.4 is 0 Å². The van der Waals surface area contributed by atoms with Crippen LogP contribution in [-0.2, 0) is 9.05 Å². The molecule has 0 atom stereocenters. The first-order valence-electron chi connectivity index (χ1n) is 4.03. The van der Waals surface area contributed by atoms with Gasteiger partial charge in [0.25, 0.3) is 9.05 Å². The lowest BCUT2D eigenvalue weighted by molar-refractivity contribution is 0.611. The third-order valence-corrected chi connectivity index (χ3v) is 4.91. The van der Waals surface area contributed by atoms with Gasteiger partial charge in [-0.25, -0.2) is 13.1 Å². The number of rotatable bonds is 2. The summed E-state index contributed by atoms with van der Waals surface area (Å²) in [6, 6.07) is 3.14. The van der Waals surface area contributed by atoms with Gasteiger partial charge >= 0.3 is 0 Å². The SMILES string of the molecule is Cc1cnn(-c2ccc(S(=O)(=O)Cl)s2)c1. The van der Waals surface area contributed by atoms with E-state index in [0.29, 0.717) is 0 Å². The minimum atomic E-state index is -3.63. The van der Waals surface area contributed by atoms with Crippen LogP contribution in [0.25, 0.3) is 5.00 Å². The van der Waals surface area contributed by atoms with Gasteiger partial charge in [-0.1, -0.05) is 0 Å². The number of hydrogen-bond donors (Lipinski definition) is 0. The third kappa shape index (κ3) is 2.22. The van der Waals surface area contributed by atoms with Crippen LogP contribution in [-0.4, -0.2) is 18.2 Å². The fourth-order valence-electron chi connectivity index (χ4n) is 1.10. The molecule has 2 heterocycles. The average Bonchev–Trinajstić information content (AvgIpc) is 2.69. The second-order valence-electron chi connectivity index (χ2n) is 2.99. The Morgan fingerprint density at radius 2 is 2.20 bits per heavy atom. The molecule has 0 spiro atoms. The van der Waals surface area contributed by atoms with Crippen LogP contribution in [0.1, 0.15) is 5.56 Å². The fraction of sp³-hybridized carbons (Fsp3) is 0.125. The highest BCUT2D eigenvalue weighted by Gasteiger charge is 2.13. The van der Waals surface area contributed by atoms with E-state index in [1.165, 1.54) is 6.07 Å². The molecular weight excluding hydrogens is 256 g/mol. The maximum Gasteiger partial charge on any atom is 0.270 e. The van der Waals surface area contributed by atoms with Crippen LogP contribution in [0.5, 0.6) is 0 Å². The van der Waals surface area contributed by atoms with Gasteiger partial charge in [-0.2, -0.15) is 5.10 Å². The first-order valence-corrected chi connectivity index (χ1v) is 7.15. The predicted octanol–water partition coefficient (Wildman–Crippen LogP) is 2.17. The number of nitrogens with zero attached hydrogens (tertiary/aromatic N) is 2. The Hall–Kier alpha value is -0.850. The maximum atomic E-state index is 11.0. The summed E-state index contributed by atoms with van der Waals surface area (Å²) in [5, 5.41) is 4.79. The number of hydrogen-bond acceptors (Lipinski definition) is 4. The summed E-state index contributed by atoms with van der Waals surface area (Å²) in [6.07, 6.45) is 3.52. The second-order valence-corrected chi connectivity index (χ2v) is 6.85. The Kier molecular flexibility index (Phi) is 2.57. The second kappa shape index (κ2) is 3.62. The highest BCUT2D eigenvalue weighted by atomic mass is 35.7. The van der Waals surface area contributed by atoms with E-state index in [-0.39, 0.29) is 4.21 Å². The molecule has 2 rings (SSSR count). The molecule has 0 amide bonds. The van der Waals surface area contributed by atoms with E-state index in [2.05, 4.69) is 5.10 Å². The van der Waals surface area contributed by atoms with E-state index in [1.807, 2.05) is 13.1 Å². The molecule has 0 bridgehead atoms. The van der Waals surface area contributed by atoms with E-state index < -0.39 is 9.05 Å². The van der Waals surface area contributed by atoms with Gasteiger partial charge in [-0.05, 0) is 24.6 Å². The van der Waals surface area contributed by atoms with E-state index in [1.54, 1.807) is 16.9 Å². The van der Waals surface area contributed by atoms with Gasteiger partial charge in [-0.15, -0.1) is 11.3 Å². The molecule has 0 radical (unpaired) electrons. The largest absolute Gasteiger partial charge is 0.270 e. The van der Waals surface area contributed by atoms with Crippen molar-refractivity contribution in [2.45, 2.75) is 11.1 Å². The van der Waals surface area contributed by atoms with E-state index in [0.717, 1.165) is 21.9 Å². The quantitative estimate of drug-likeness (QED) is 0.780. The van der Waals surface area contributed by atoms with Crippen LogP contribution in [0.2, 0.25) is 0 Å². The van der Waals surface area contributed by atoms with Gasteiger partial charge in [0.15, 0.2) is 0 Å². The zero-order valence-electron chi connectivity index (χ0n) is 7.71. The van der Waals surface area contributed by atoms with E-state index >= 15 is 0 Å². The number of aryl methyl sites for hydroxylation is 1. The molecule has 7 heteroatoms. The number of halogens is 1. The van der Waals surface area contributed by atoms with Gasteiger partial charge in [0.2, 0.25) is 0 Å². The van der Waals surface area contributed by atoms with Crippen molar-refractivity contribution in [2.24, 2.45) is 0 Å². The first-order chi connectivity index (χ1) is 6.97. The monoisotopic (exact) mass is 262 g/mol. The molecule has 0 N–H and O–H groups in total. The summed E-state index contributed by atoms with van der Waals surface area (Å²) in [6.45, 7) is 1.91. The molecule has 2 aromatic rings. The van der Waals surface area contributed by atoms with E-state index in [9.17, 15) is 8.42 Å². The lowest BCUT2D eigenvalue weighted by atomic mass is 10.4. The zero-order chi connectivity index (χ0) is 11.1. The van der Waals surface area contributed by atoms with Crippen molar-refractivity contribution in [2.75, 3.05) is 0 Å². The minimum absolute atomic E-state index is 0.132. The Balaban J connectivity index is 2.44. The molecule has 0 saturated heterocycles. The Bertz CT molecular complexity index is 585. The van der Waals surface area contributed by atoms with Crippen LogP contribution in [0, 0.1) is 6.92 Å². The Morgan fingerprint density at radius 3 is 2.67 bits per heavy atom. The molecule has 4 nitrogen and oxygen atoms in total. The van der Waals surface area contributed by atoms with Gasteiger partial charge in [0, 0.05) is 16.9 Å². The van der Waals surface area contributed by atoms with Crippen molar-refractivity contribution < 1.29 is 8.42 Å². The van der Waals surface area contributed by atoms with Gasteiger partial charge in [0.1, 0.15) is 9.21 Å². The van der Waals surface area contributed by atoms with Crippen molar-refractivity contribution in [3.63, 3.8) is 0 Å². The molecule has 0 aliphatic carbocycles. The van der Waals surface area contributed by atoms with E-state index in [4.69, 9.17) is 10.7 Å². The van der Waals surface area contributed by atoms with Crippen molar-refractivity contribution in [3.05, 3.63) is 30.1 Å². The van der Waals surface area contributed by atoms with Crippen LogP contribution in [0.15, 0.2) is 28.7 Å². The summed E-state index contributed by atoms with van der Waals surface area (Å²) in [5.41, 5.74) is 1.01. The van der Waals surface area contributed by atoms with Crippen molar-refractivity contribution >= 4 is 31.1 Å². The topological polar surface area (TPSA) is 52.0 Å². The average molecular weight is 263 g/mol. The zero-order valence-corrected chi connectivity index (χ0v) is 10.1. The van der Waals surface area contributed by atoms with Gasteiger partial charge in [0.05, 0.1) is 6.20 Å². The van der Waals surface area contributed by atoms with Crippen LogP contribution in [0.3, 0.4) is 0 Å². The minimum Gasteiger partial charge on any atom is -0.231 e. The summed E-state index contributed by atoms with van der Waals surface area (Å²) in [4.78, 5) is 0. The summed E-state index contributed by atoms with van der Waals surface area (Å²) < 4.78 is 23.8. The number of thiophene rings is 1. The summed E-state index contributed by atoms with van der Waals surface area (Å²) in [7, 11) is 1.58. The molecule has 0 fully saturated rings. The predicted molar refractivity (Wildman–Crippen MR) is 59.2 cm³/mol. The Morgan fingerprint density at radius 1 is 1.47 bits per heavy atom. The lowest BCUT2D eigenvalue weighted by Crippen LogP contribution is -1.89. The molecule has 0 aliphatic heterocycles. The molecule has 0 unspecified atom stereocenters. The molecule has 0 saturated carbocycles. The van der Waals surface area contributed by atoms with Crippen molar-refractivity contribution in [3.8, 4) is 5.00 Å². The molecule has 0 aromatic carbocycles. The highest BCUT2D eigenvalue weighted by molar-refractivity contribution is 8.15. The Labute approximate surface area is 95.5 Å². The normalized spacial score (nSPS) is 11.9. The van der Waals surface area contributed by atoms with Crippen molar-refractivity contribution in [1.82, 2.24) is 9.78 Å². The molecule has 2 aromatic heterocycles. The smallest absolute Gasteiger partial charge is 0.231 e. The van der Waals surface area contributed by atoms with Gasteiger partial charge < -0.3 is 0 Å². The summed E-state index contributed by atoms with van der Waals surface area (Å²) >= 11 is 1.09. The van der Waals surface area contributed by atoms with Crippen LogP contribution >= 0.6 is 22.0 Å². The maximum absolute atomic E-state index is 11.0. The lowest BCUT2D eigenvalue weighted by Gasteiger charge is -1.93. The third-order valence-electron chi connectivity index (χ3n) is 1.74. The molecular formula is C8H7ClN2O2S2. The van der Waals surface area contributed by atoms with Gasteiger partial charge in [-0.3, -0.25) is 0 Å². The highest BCUT2D eigenvalue weighted by Crippen LogP contribution is 2.27. The standard InChI is InChI=1S/C8H7ClN2O2S2/c1-6-4-10-11(5-6)7-2-3-8(14-7)15(9,12)13/h2-5H,1H3. The number of aromatic nitrogens is 2. The first kappa shape index (κ1) is 10.7. The van der Waals surface area contributed by atoms with Crippen molar-refractivity contribution in [1.29, 1.82) is 0 Å².